The van der Waals surface area contributed by atoms with Gasteiger partial charge in [-0.1, -0.05) is 29.8 Å². The molecule has 0 aliphatic carbocycles. The molecule has 0 N–H and O–H groups in total. The molecule has 1 aliphatic heterocycles. The molecule has 1 aliphatic rings. The van der Waals surface area contributed by atoms with Crippen molar-refractivity contribution in [1.29, 1.82) is 0 Å². The molecule has 2 aromatic carbocycles. The van der Waals surface area contributed by atoms with Gasteiger partial charge in [0.2, 0.25) is 0 Å². The Morgan fingerprint density at radius 3 is 2.28 bits per heavy atom. The molecule has 2 aromatic rings. The molecule has 0 atom stereocenters. The molecule has 0 unspecified atom stereocenters. The van der Waals surface area contributed by atoms with E-state index in [1.165, 1.54) is 14.2 Å². The number of amides is 2. The third-order valence-corrected chi connectivity index (χ3v) is 4.31. The topological polar surface area (TPSA) is 55.8 Å². The van der Waals surface area contributed by atoms with Crippen molar-refractivity contribution in [2.45, 2.75) is 6.92 Å². The van der Waals surface area contributed by atoms with Gasteiger partial charge in [-0.2, -0.15) is 0 Å². The molecule has 0 spiro atoms. The second kappa shape index (κ2) is 6.61. The first-order valence-corrected chi connectivity index (χ1v) is 7.93. The number of carbonyl (C=O) groups excluding carboxylic acids is 2. The fourth-order valence-electron chi connectivity index (χ4n) is 2.75. The third kappa shape index (κ3) is 2.87. The van der Waals surface area contributed by atoms with Crippen molar-refractivity contribution in [3.63, 3.8) is 0 Å². The SMILES string of the molecule is COc1ccc(C2=C(Cl)C(=O)N(c3cccc(C)c3)C2=O)cc1OC. The average Bonchev–Trinajstić information content (AvgIpc) is 2.83. The van der Waals surface area contributed by atoms with Gasteiger partial charge in [-0.3, -0.25) is 9.59 Å². The van der Waals surface area contributed by atoms with E-state index in [4.69, 9.17) is 21.1 Å². The maximum atomic E-state index is 12.9. The predicted molar refractivity (Wildman–Crippen MR) is 96.0 cm³/mol. The fourth-order valence-corrected chi connectivity index (χ4v) is 3.02. The summed E-state index contributed by atoms with van der Waals surface area (Å²) in [5, 5.41) is -0.112. The molecule has 25 heavy (non-hydrogen) atoms. The lowest BCUT2D eigenvalue weighted by Crippen LogP contribution is -2.31. The Morgan fingerprint density at radius 2 is 1.64 bits per heavy atom. The van der Waals surface area contributed by atoms with Crippen LogP contribution >= 0.6 is 11.6 Å². The number of halogens is 1. The molecule has 0 saturated carbocycles. The van der Waals surface area contributed by atoms with Crippen LogP contribution in [-0.2, 0) is 9.59 Å². The Bertz CT molecular complexity index is 904. The smallest absolute Gasteiger partial charge is 0.277 e. The first-order valence-electron chi connectivity index (χ1n) is 7.55. The lowest BCUT2D eigenvalue weighted by Gasteiger charge is -2.15. The fraction of sp³-hybridized carbons (Fsp3) is 0.158. The molecule has 1 heterocycles. The van der Waals surface area contributed by atoms with Crippen molar-refractivity contribution in [3.05, 3.63) is 58.6 Å². The number of aryl methyl sites for hydroxylation is 1. The highest BCUT2D eigenvalue weighted by atomic mass is 35.5. The van der Waals surface area contributed by atoms with E-state index in [9.17, 15) is 9.59 Å². The highest BCUT2D eigenvalue weighted by Crippen LogP contribution is 2.38. The maximum Gasteiger partial charge on any atom is 0.277 e. The summed E-state index contributed by atoms with van der Waals surface area (Å²) in [5.74, 6) is -0.0311. The summed E-state index contributed by atoms with van der Waals surface area (Å²) < 4.78 is 10.5. The van der Waals surface area contributed by atoms with Crippen LogP contribution in [0, 0.1) is 6.92 Å². The first-order chi connectivity index (χ1) is 12.0. The molecular formula is C19H16ClNO4. The van der Waals surface area contributed by atoms with Crippen molar-refractivity contribution in [2.24, 2.45) is 0 Å². The van der Waals surface area contributed by atoms with Crippen LogP contribution in [0.15, 0.2) is 47.5 Å². The normalized spacial score (nSPS) is 14.3. The van der Waals surface area contributed by atoms with E-state index < -0.39 is 11.8 Å². The van der Waals surface area contributed by atoms with E-state index >= 15 is 0 Å². The van der Waals surface area contributed by atoms with E-state index in [2.05, 4.69) is 0 Å². The van der Waals surface area contributed by atoms with Crippen molar-refractivity contribution in [1.82, 2.24) is 0 Å². The Labute approximate surface area is 150 Å². The molecule has 6 heteroatoms. The number of benzene rings is 2. The Hall–Kier alpha value is -2.79. The largest absolute Gasteiger partial charge is 0.493 e. The number of ether oxygens (including phenoxy) is 2. The average molecular weight is 358 g/mol. The first kappa shape index (κ1) is 17.0. The minimum Gasteiger partial charge on any atom is -0.493 e. The van der Waals surface area contributed by atoms with Crippen LogP contribution in [0.1, 0.15) is 11.1 Å². The van der Waals surface area contributed by atoms with Crippen LogP contribution in [0.2, 0.25) is 0 Å². The zero-order chi connectivity index (χ0) is 18.1. The van der Waals surface area contributed by atoms with Crippen LogP contribution in [0.3, 0.4) is 0 Å². The molecule has 2 amide bonds. The molecule has 128 valence electrons. The van der Waals surface area contributed by atoms with Gasteiger partial charge in [0.25, 0.3) is 11.8 Å². The Kier molecular flexibility index (Phi) is 4.51. The number of nitrogens with zero attached hydrogens (tertiary/aromatic N) is 1. The van der Waals surface area contributed by atoms with E-state index in [-0.39, 0.29) is 10.6 Å². The lowest BCUT2D eigenvalue weighted by molar-refractivity contribution is -0.119. The number of hydrogen-bond acceptors (Lipinski definition) is 4. The summed E-state index contributed by atoms with van der Waals surface area (Å²) in [6.45, 7) is 1.89. The van der Waals surface area contributed by atoms with Gasteiger partial charge in [0, 0.05) is 0 Å². The number of carbonyl (C=O) groups is 2. The molecule has 0 fully saturated rings. The number of hydrogen-bond donors (Lipinski definition) is 0. The molecular weight excluding hydrogens is 342 g/mol. The van der Waals surface area contributed by atoms with Gasteiger partial charge in [-0.25, -0.2) is 4.90 Å². The number of anilines is 1. The van der Waals surface area contributed by atoms with Crippen molar-refractivity contribution >= 4 is 34.7 Å². The summed E-state index contributed by atoms with van der Waals surface area (Å²) in [6, 6.07) is 12.1. The van der Waals surface area contributed by atoms with E-state index in [0.717, 1.165) is 10.5 Å². The highest BCUT2D eigenvalue weighted by molar-refractivity contribution is 6.60. The summed E-state index contributed by atoms with van der Waals surface area (Å²) in [4.78, 5) is 26.5. The van der Waals surface area contributed by atoms with Gasteiger partial charge in [-0.05, 0) is 42.3 Å². The van der Waals surface area contributed by atoms with Gasteiger partial charge in [0.05, 0.1) is 25.5 Å². The predicted octanol–water partition coefficient (Wildman–Crippen LogP) is 3.54. The minimum atomic E-state index is -0.540. The van der Waals surface area contributed by atoms with Crippen molar-refractivity contribution in [3.8, 4) is 11.5 Å². The zero-order valence-electron chi connectivity index (χ0n) is 14.0. The minimum absolute atomic E-state index is 0.112. The quantitative estimate of drug-likeness (QED) is 0.785. The second-order valence-electron chi connectivity index (χ2n) is 5.54. The number of methoxy groups -OCH3 is 2. The molecule has 0 radical (unpaired) electrons. The second-order valence-corrected chi connectivity index (χ2v) is 5.92. The Morgan fingerprint density at radius 1 is 0.920 bits per heavy atom. The van der Waals surface area contributed by atoms with Crippen molar-refractivity contribution < 1.29 is 19.1 Å². The lowest BCUT2D eigenvalue weighted by atomic mass is 10.1. The number of rotatable bonds is 4. The molecule has 0 aromatic heterocycles. The van der Waals surface area contributed by atoms with Crippen LogP contribution in [0.5, 0.6) is 11.5 Å². The summed E-state index contributed by atoms with van der Waals surface area (Å²) in [6.07, 6.45) is 0. The van der Waals surface area contributed by atoms with Crippen LogP contribution < -0.4 is 14.4 Å². The third-order valence-electron chi connectivity index (χ3n) is 3.96. The molecule has 5 nitrogen and oxygen atoms in total. The molecule has 0 bridgehead atoms. The zero-order valence-corrected chi connectivity index (χ0v) is 14.8. The maximum absolute atomic E-state index is 12.9. The standard InChI is InChI=1S/C19H16ClNO4/c1-11-5-4-6-13(9-11)21-18(22)16(17(20)19(21)23)12-7-8-14(24-2)15(10-12)25-3/h4-10H,1-3H3. The monoisotopic (exact) mass is 357 g/mol. The van der Waals surface area contributed by atoms with Gasteiger partial charge in [0.1, 0.15) is 5.03 Å². The molecule has 0 saturated heterocycles. The van der Waals surface area contributed by atoms with Crippen LogP contribution in [0.25, 0.3) is 5.57 Å². The summed E-state index contributed by atoms with van der Waals surface area (Å²) in [7, 11) is 3.02. The number of imide groups is 1. The van der Waals surface area contributed by atoms with Gasteiger partial charge in [0.15, 0.2) is 11.5 Å². The van der Waals surface area contributed by atoms with E-state index in [1.54, 1.807) is 36.4 Å². The Balaban J connectivity index is 2.06. The summed E-state index contributed by atoms with van der Waals surface area (Å²) >= 11 is 6.21. The van der Waals surface area contributed by atoms with Gasteiger partial charge in [-0.15, -0.1) is 0 Å². The summed E-state index contributed by atoms with van der Waals surface area (Å²) in [5.41, 5.74) is 2.07. The van der Waals surface area contributed by atoms with Crippen LogP contribution in [-0.4, -0.2) is 26.0 Å². The highest BCUT2D eigenvalue weighted by Gasteiger charge is 2.39. The van der Waals surface area contributed by atoms with E-state index in [1.807, 2.05) is 13.0 Å². The van der Waals surface area contributed by atoms with Crippen LogP contribution in [0.4, 0.5) is 5.69 Å². The molecule has 3 rings (SSSR count). The van der Waals surface area contributed by atoms with Gasteiger partial charge >= 0.3 is 0 Å². The van der Waals surface area contributed by atoms with Crippen molar-refractivity contribution in [2.75, 3.05) is 19.1 Å². The van der Waals surface area contributed by atoms with E-state index in [0.29, 0.717) is 22.7 Å². The van der Waals surface area contributed by atoms with Gasteiger partial charge < -0.3 is 9.47 Å².